The average molecular weight is 461 g/mol. The molecule has 2 aromatic carbocycles. The maximum absolute atomic E-state index is 13.4. The molecule has 1 aliphatic rings. The minimum absolute atomic E-state index is 0.00936. The molecular weight excluding hydrogens is 439 g/mol. The van der Waals surface area contributed by atoms with Gasteiger partial charge in [-0.1, -0.05) is 23.7 Å². The lowest BCUT2D eigenvalue weighted by molar-refractivity contribution is 0.383. The Morgan fingerprint density at radius 2 is 1.65 bits per heavy atom. The Bertz CT molecular complexity index is 1210. The first-order valence-corrected chi connectivity index (χ1v) is 11.7. The zero-order chi connectivity index (χ0) is 22.2. The highest BCUT2D eigenvalue weighted by molar-refractivity contribution is 7.89. The second kappa shape index (κ2) is 8.53. The Morgan fingerprint density at radius 1 is 0.903 bits per heavy atom. The number of nitrogens with zero attached hydrogens (tertiary/aromatic N) is 4. The van der Waals surface area contributed by atoms with Crippen molar-refractivity contribution in [1.82, 2.24) is 14.5 Å². The summed E-state index contributed by atoms with van der Waals surface area (Å²) >= 11 is 5.75. The van der Waals surface area contributed by atoms with Gasteiger partial charge in [0.2, 0.25) is 10.0 Å². The Hall–Kier alpha value is -2.55. The quantitative estimate of drug-likeness (QED) is 0.587. The van der Waals surface area contributed by atoms with Gasteiger partial charge in [-0.05, 0) is 61.4 Å². The fourth-order valence-electron chi connectivity index (χ4n) is 3.49. The molecule has 162 valence electrons. The third-order valence-electron chi connectivity index (χ3n) is 5.54. The molecule has 1 fully saturated rings. The van der Waals surface area contributed by atoms with Crippen molar-refractivity contribution in [2.75, 3.05) is 31.1 Å². The number of hydrogen-bond donors (Lipinski definition) is 0. The molecule has 1 aliphatic heterocycles. The first-order chi connectivity index (χ1) is 14.8. The van der Waals surface area contributed by atoms with E-state index in [0.717, 1.165) is 23.4 Å². The Kier molecular flexibility index (Phi) is 5.96. The number of anilines is 1. The fraction of sp³-hybridized carbons (Fsp3) is 0.273. The topological polar surface area (TPSA) is 66.4 Å². The van der Waals surface area contributed by atoms with Crippen LogP contribution in [0.15, 0.2) is 53.4 Å². The highest BCUT2D eigenvalue weighted by Gasteiger charge is 2.29. The first kappa shape index (κ1) is 21.7. The lowest BCUT2D eigenvalue weighted by Gasteiger charge is -2.34. The van der Waals surface area contributed by atoms with Crippen molar-refractivity contribution < 1.29 is 12.8 Å². The van der Waals surface area contributed by atoms with Crippen molar-refractivity contribution in [2.45, 2.75) is 18.7 Å². The number of aryl methyl sites for hydroxylation is 2. The summed E-state index contributed by atoms with van der Waals surface area (Å²) in [6, 6.07) is 13.5. The largest absolute Gasteiger partial charge is 0.352 e. The van der Waals surface area contributed by atoms with E-state index in [1.807, 2.05) is 23.1 Å². The Balaban J connectivity index is 1.44. The monoisotopic (exact) mass is 460 g/mol. The molecule has 0 saturated carbocycles. The molecule has 0 bridgehead atoms. The van der Waals surface area contributed by atoms with Crippen molar-refractivity contribution in [2.24, 2.45) is 0 Å². The van der Waals surface area contributed by atoms with Crippen LogP contribution in [0, 0.1) is 19.7 Å². The van der Waals surface area contributed by atoms with Gasteiger partial charge >= 0.3 is 0 Å². The van der Waals surface area contributed by atoms with Gasteiger partial charge in [0, 0.05) is 31.7 Å². The van der Waals surface area contributed by atoms with Gasteiger partial charge in [-0.25, -0.2) is 12.8 Å². The fourth-order valence-corrected chi connectivity index (χ4v) is 5.19. The van der Waals surface area contributed by atoms with Crippen molar-refractivity contribution in [3.8, 4) is 11.3 Å². The summed E-state index contributed by atoms with van der Waals surface area (Å²) < 4.78 is 40.5. The molecule has 9 heteroatoms. The van der Waals surface area contributed by atoms with Crippen LogP contribution in [0.2, 0.25) is 5.02 Å². The molecule has 0 spiro atoms. The van der Waals surface area contributed by atoms with Crippen LogP contribution in [0.4, 0.5) is 10.2 Å². The number of sulfonamides is 1. The van der Waals surface area contributed by atoms with Crippen molar-refractivity contribution in [3.05, 3.63) is 70.5 Å². The van der Waals surface area contributed by atoms with Crippen LogP contribution in [0.3, 0.4) is 0 Å². The van der Waals surface area contributed by atoms with E-state index in [4.69, 9.17) is 11.6 Å². The molecule has 0 radical (unpaired) electrons. The highest BCUT2D eigenvalue weighted by Crippen LogP contribution is 2.25. The average Bonchev–Trinajstić information content (AvgIpc) is 2.77. The molecule has 0 amide bonds. The van der Waals surface area contributed by atoms with Crippen LogP contribution in [0.25, 0.3) is 11.3 Å². The van der Waals surface area contributed by atoms with Gasteiger partial charge in [-0.15, -0.1) is 10.2 Å². The van der Waals surface area contributed by atoms with E-state index in [0.29, 0.717) is 18.9 Å². The van der Waals surface area contributed by atoms with E-state index in [9.17, 15) is 12.8 Å². The Morgan fingerprint density at radius 3 is 2.26 bits per heavy atom. The normalized spacial score (nSPS) is 15.3. The van der Waals surface area contributed by atoms with Crippen LogP contribution in [-0.2, 0) is 10.0 Å². The van der Waals surface area contributed by atoms with Gasteiger partial charge in [0.25, 0.3) is 0 Å². The van der Waals surface area contributed by atoms with E-state index in [2.05, 4.69) is 36.2 Å². The van der Waals surface area contributed by atoms with Crippen LogP contribution in [0.1, 0.15) is 11.1 Å². The second-order valence-corrected chi connectivity index (χ2v) is 9.89. The summed E-state index contributed by atoms with van der Waals surface area (Å²) in [4.78, 5) is 1.99. The Labute approximate surface area is 186 Å². The number of halogens is 2. The summed E-state index contributed by atoms with van der Waals surface area (Å²) in [5.74, 6) is 0.0581. The summed E-state index contributed by atoms with van der Waals surface area (Å²) in [5.41, 5.74) is 4.23. The maximum atomic E-state index is 13.4. The third kappa shape index (κ3) is 4.42. The van der Waals surface area contributed by atoms with E-state index in [1.165, 1.54) is 21.5 Å². The third-order valence-corrected chi connectivity index (χ3v) is 7.73. The predicted molar refractivity (Wildman–Crippen MR) is 119 cm³/mol. The van der Waals surface area contributed by atoms with Crippen LogP contribution < -0.4 is 4.90 Å². The van der Waals surface area contributed by atoms with Crippen LogP contribution in [0.5, 0.6) is 0 Å². The van der Waals surface area contributed by atoms with Gasteiger partial charge in [-0.2, -0.15) is 4.31 Å². The second-order valence-electron chi connectivity index (χ2n) is 7.54. The highest BCUT2D eigenvalue weighted by atomic mass is 35.5. The lowest BCUT2D eigenvalue weighted by atomic mass is 10.0. The van der Waals surface area contributed by atoms with E-state index in [-0.39, 0.29) is 23.0 Å². The molecule has 1 saturated heterocycles. The number of rotatable bonds is 4. The smallest absolute Gasteiger partial charge is 0.243 e. The van der Waals surface area contributed by atoms with Gasteiger partial charge in [-0.3, -0.25) is 0 Å². The molecule has 31 heavy (non-hydrogen) atoms. The molecule has 0 aliphatic carbocycles. The van der Waals surface area contributed by atoms with Crippen molar-refractivity contribution in [1.29, 1.82) is 0 Å². The van der Waals surface area contributed by atoms with Gasteiger partial charge < -0.3 is 4.90 Å². The van der Waals surface area contributed by atoms with E-state index in [1.54, 1.807) is 0 Å². The summed E-state index contributed by atoms with van der Waals surface area (Å²) in [5, 5.41) is 8.49. The molecule has 0 N–H and O–H groups in total. The van der Waals surface area contributed by atoms with Gasteiger partial charge in [0.15, 0.2) is 5.82 Å². The van der Waals surface area contributed by atoms with Crippen LogP contribution >= 0.6 is 11.6 Å². The van der Waals surface area contributed by atoms with E-state index < -0.39 is 15.8 Å². The maximum Gasteiger partial charge on any atom is 0.243 e. The molecule has 3 aromatic rings. The van der Waals surface area contributed by atoms with E-state index >= 15 is 0 Å². The SMILES string of the molecule is Cc1ccc(-c2ccc(N3CCN(S(=O)(=O)c4ccc(F)c(Cl)c4)CC3)nn2)cc1C. The zero-order valence-corrected chi connectivity index (χ0v) is 18.8. The van der Waals surface area contributed by atoms with Crippen LogP contribution in [-0.4, -0.2) is 49.1 Å². The van der Waals surface area contributed by atoms with Gasteiger partial charge in [0.1, 0.15) is 5.82 Å². The number of piperazine rings is 1. The lowest BCUT2D eigenvalue weighted by Crippen LogP contribution is -2.49. The number of aromatic nitrogens is 2. The minimum Gasteiger partial charge on any atom is -0.352 e. The molecule has 0 atom stereocenters. The van der Waals surface area contributed by atoms with Crippen molar-refractivity contribution in [3.63, 3.8) is 0 Å². The predicted octanol–water partition coefficient (Wildman–Crippen LogP) is 4.06. The number of hydrogen-bond acceptors (Lipinski definition) is 5. The van der Waals surface area contributed by atoms with Gasteiger partial charge in [0.05, 0.1) is 15.6 Å². The molecule has 1 aromatic heterocycles. The molecule has 6 nitrogen and oxygen atoms in total. The molecule has 2 heterocycles. The number of benzene rings is 2. The summed E-state index contributed by atoms with van der Waals surface area (Å²) in [7, 11) is -3.74. The molecular formula is C22H22ClFN4O2S. The standard InChI is InChI=1S/C22H22ClFN4O2S/c1-15-3-4-17(13-16(15)2)21-7-8-22(26-25-21)27-9-11-28(12-10-27)31(29,30)18-5-6-20(24)19(23)14-18/h3-8,13-14H,9-12H2,1-2H3. The zero-order valence-electron chi connectivity index (χ0n) is 17.2. The molecule has 0 unspecified atom stereocenters. The summed E-state index contributed by atoms with van der Waals surface area (Å²) in [6.45, 7) is 5.67. The minimum atomic E-state index is -3.74. The summed E-state index contributed by atoms with van der Waals surface area (Å²) in [6.07, 6.45) is 0. The molecule has 4 rings (SSSR count). The first-order valence-electron chi connectivity index (χ1n) is 9.87. The van der Waals surface area contributed by atoms with Crippen molar-refractivity contribution >= 4 is 27.4 Å².